The smallest absolute Gasteiger partial charge is 0.335 e. The van der Waals surface area contributed by atoms with E-state index in [4.69, 9.17) is 4.74 Å². The predicted octanol–water partition coefficient (Wildman–Crippen LogP) is 3.18. The van der Waals surface area contributed by atoms with Crippen LogP contribution in [0.25, 0.3) is 0 Å². The molecule has 2 bridgehead atoms. The lowest BCUT2D eigenvalue weighted by molar-refractivity contribution is -0.159. The van der Waals surface area contributed by atoms with E-state index < -0.39 is 12.0 Å². The van der Waals surface area contributed by atoms with Crippen LogP contribution >= 0.6 is 0 Å². The van der Waals surface area contributed by atoms with E-state index in [0.29, 0.717) is 11.6 Å². The maximum Gasteiger partial charge on any atom is 0.335 e. The second-order valence-corrected chi connectivity index (χ2v) is 7.49. The zero-order valence-corrected chi connectivity index (χ0v) is 15.6. The molecule has 3 heterocycles. The molecule has 0 radical (unpaired) electrons. The van der Waals surface area contributed by atoms with Gasteiger partial charge in [-0.2, -0.15) is 0 Å². The second-order valence-electron chi connectivity index (χ2n) is 7.49. The van der Waals surface area contributed by atoms with E-state index in [9.17, 15) is 14.7 Å². The van der Waals surface area contributed by atoms with Crippen LogP contribution in [0.5, 0.6) is 0 Å². The van der Waals surface area contributed by atoms with Crippen LogP contribution < -0.4 is 5.32 Å². The van der Waals surface area contributed by atoms with Gasteiger partial charge in [0.2, 0.25) is 0 Å². The van der Waals surface area contributed by atoms with Crippen molar-refractivity contribution in [2.24, 2.45) is 5.92 Å². The molecule has 6 nitrogen and oxygen atoms in total. The number of anilines is 1. The van der Waals surface area contributed by atoms with Crippen molar-refractivity contribution in [3.63, 3.8) is 0 Å². The van der Waals surface area contributed by atoms with Gasteiger partial charge in [0, 0.05) is 12.2 Å². The van der Waals surface area contributed by atoms with Gasteiger partial charge in [0.05, 0.1) is 5.56 Å². The number of esters is 1. The fraction of sp³-hybridized carbons (Fsp3) is 0.364. The Bertz CT molecular complexity index is 847. The van der Waals surface area contributed by atoms with Gasteiger partial charge >= 0.3 is 11.9 Å². The molecular formula is C22H24N2O4. The highest BCUT2D eigenvalue weighted by atomic mass is 16.5. The van der Waals surface area contributed by atoms with Crippen LogP contribution in [-0.2, 0) is 9.53 Å². The van der Waals surface area contributed by atoms with E-state index in [1.54, 1.807) is 12.1 Å². The van der Waals surface area contributed by atoms with Gasteiger partial charge in [-0.15, -0.1) is 0 Å². The number of carbonyl (C=O) groups excluding carboxylic acids is 1. The highest BCUT2D eigenvalue weighted by molar-refractivity contribution is 5.89. The number of benzene rings is 2. The summed E-state index contributed by atoms with van der Waals surface area (Å²) in [6.45, 7) is 2.97. The number of carbonyl (C=O) groups is 2. The molecule has 146 valence electrons. The Morgan fingerprint density at radius 2 is 1.82 bits per heavy atom. The van der Waals surface area contributed by atoms with Crippen molar-refractivity contribution < 1.29 is 19.4 Å². The Labute approximate surface area is 164 Å². The Kier molecular flexibility index (Phi) is 5.30. The summed E-state index contributed by atoms with van der Waals surface area (Å²) in [5.41, 5.74) is 1.52. The monoisotopic (exact) mass is 380 g/mol. The van der Waals surface area contributed by atoms with Gasteiger partial charge in [-0.3, -0.25) is 4.90 Å². The molecule has 5 rings (SSSR count). The Hall–Kier alpha value is -2.86. The number of ether oxygens (including phenoxy) is 1. The van der Waals surface area contributed by atoms with Gasteiger partial charge in [0.25, 0.3) is 0 Å². The summed E-state index contributed by atoms with van der Waals surface area (Å²) in [5.74, 6) is -0.902. The molecule has 0 spiro atoms. The number of hydrogen-bond acceptors (Lipinski definition) is 5. The Morgan fingerprint density at radius 1 is 1.07 bits per heavy atom. The first-order chi connectivity index (χ1) is 13.6. The lowest BCUT2D eigenvalue weighted by Gasteiger charge is -2.44. The average molecular weight is 380 g/mol. The van der Waals surface area contributed by atoms with Crippen molar-refractivity contribution in [1.82, 2.24) is 4.90 Å². The second kappa shape index (κ2) is 8.02. The fourth-order valence-corrected chi connectivity index (χ4v) is 4.09. The lowest BCUT2D eigenvalue weighted by atomic mass is 9.86. The van der Waals surface area contributed by atoms with Gasteiger partial charge in [0.1, 0.15) is 6.10 Å². The number of fused-ring (bicyclic) bond motifs is 3. The first-order valence-corrected chi connectivity index (χ1v) is 9.68. The van der Waals surface area contributed by atoms with E-state index in [0.717, 1.165) is 38.0 Å². The molecule has 2 atom stereocenters. The zero-order valence-electron chi connectivity index (χ0n) is 15.6. The minimum atomic E-state index is -1.00. The standard InChI is InChI=1S/C22H24N2O4/c25-21(26)17-7-4-8-18(13-17)23-20(16-5-2-1-3-6-16)22(27)28-19-14-24-11-9-15(19)10-12-24/h1-8,13,15,19-20,23H,9-12,14H2,(H,25,26)/t19?,20-/m1/s1. The number of aromatic carboxylic acids is 1. The number of nitrogens with one attached hydrogen (secondary N) is 1. The molecule has 0 aromatic heterocycles. The van der Waals surface area contributed by atoms with Crippen molar-refractivity contribution in [3.8, 4) is 0 Å². The van der Waals surface area contributed by atoms with Gasteiger partial charge < -0.3 is 15.2 Å². The molecule has 6 heteroatoms. The Balaban J connectivity index is 1.54. The lowest BCUT2D eigenvalue weighted by Crippen LogP contribution is -2.52. The molecule has 3 aliphatic rings. The quantitative estimate of drug-likeness (QED) is 0.750. The van der Waals surface area contributed by atoms with Crippen LogP contribution in [0, 0.1) is 5.92 Å². The molecule has 3 aliphatic heterocycles. The molecule has 3 saturated heterocycles. The van der Waals surface area contributed by atoms with Gasteiger partial charge in [-0.05, 0) is 55.6 Å². The zero-order chi connectivity index (χ0) is 19.5. The molecule has 1 unspecified atom stereocenters. The summed E-state index contributed by atoms with van der Waals surface area (Å²) in [6.07, 6.45) is 2.07. The highest BCUT2D eigenvalue weighted by Crippen LogP contribution is 2.31. The molecule has 28 heavy (non-hydrogen) atoms. The minimum absolute atomic E-state index is 0.0756. The third-order valence-corrected chi connectivity index (χ3v) is 5.65. The van der Waals surface area contributed by atoms with E-state index >= 15 is 0 Å². The number of nitrogens with zero attached hydrogens (tertiary/aromatic N) is 1. The molecular weight excluding hydrogens is 356 g/mol. The van der Waals surface area contributed by atoms with Crippen molar-refractivity contribution in [1.29, 1.82) is 0 Å². The Morgan fingerprint density at radius 3 is 2.46 bits per heavy atom. The molecule has 2 aromatic carbocycles. The van der Waals surface area contributed by atoms with Crippen molar-refractivity contribution in [2.45, 2.75) is 25.0 Å². The van der Waals surface area contributed by atoms with Gasteiger partial charge in [0.15, 0.2) is 6.04 Å². The molecule has 0 amide bonds. The summed E-state index contributed by atoms with van der Waals surface area (Å²) in [4.78, 5) is 26.7. The third kappa shape index (κ3) is 4.02. The van der Waals surface area contributed by atoms with Crippen LogP contribution in [0.2, 0.25) is 0 Å². The summed E-state index contributed by atoms with van der Waals surface area (Å²) < 4.78 is 5.93. The van der Waals surface area contributed by atoms with Crippen LogP contribution in [0.4, 0.5) is 5.69 Å². The minimum Gasteiger partial charge on any atom is -0.478 e. The van der Waals surface area contributed by atoms with E-state index in [-0.39, 0.29) is 17.6 Å². The first kappa shape index (κ1) is 18.5. The highest BCUT2D eigenvalue weighted by Gasteiger charge is 2.37. The predicted molar refractivity (Wildman–Crippen MR) is 105 cm³/mol. The fourth-order valence-electron chi connectivity index (χ4n) is 4.09. The summed E-state index contributed by atoms with van der Waals surface area (Å²) in [6, 6.07) is 15.2. The van der Waals surface area contributed by atoms with Crippen LogP contribution in [0.1, 0.15) is 34.8 Å². The van der Waals surface area contributed by atoms with E-state index in [2.05, 4.69) is 10.2 Å². The third-order valence-electron chi connectivity index (χ3n) is 5.65. The van der Waals surface area contributed by atoms with Crippen molar-refractivity contribution in [3.05, 3.63) is 65.7 Å². The largest absolute Gasteiger partial charge is 0.478 e. The topological polar surface area (TPSA) is 78.9 Å². The molecule has 2 N–H and O–H groups in total. The number of carboxylic acids is 1. The summed E-state index contributed by atoms with van der Waals surface area (Å²) in [5, 5.41) is 12.4. The molecule has 3 fully saturated rings. The average Bonchev–Trinajstić information content (AvgIpc) is 2.73. The van der Waals surface area contributed by atoms with E-state index in [1.165, 1.54) is 12.1 Å². The van der Waals surface area contributed by atoms with Gasteiger partial charge in [-0.25, -0.2) is 9.59 Å². The molecule has 0 saturated carbocycles. The van der Waals surface area contributed by atoms with Crippen LogP contribution in [0.3, 0.4) is 0 Å². The number of rotatable bonds is 6. The summed E-state index contributed by atoms with van der Waals surface area (Å²) >= 11 is 0. The number of carboxylic acid groups (broad SMARTS) is 1. The number of piperidine rings is 3. The molecule has 0 aliphatic carbocycles. The van der Waals surface area contributed by atoms with Crippen molar-refractivity contribution >= 4 is 17.6 Å². The normalized spacial score (nSPS) is 24.4. The first-order valence-electron chi connectivity index (χ1n) is 9.68. The van der Waals surface area contributed by atoms with Gasteiger partial charge in [-0.1, -0.05) is 36.4 Å². The maximum absolute atomic E-state index is 13.1. The van der Waals surface area contributed by atoms with Crippen LogP contribution in [-0.4, -0.2) is 47.7 Å². The maximum atomic E-state index is 13.1. The van der Waals surface area contributed by atoms with Crippen LogP contribution in [0.15, 0.2) is 54.6 Å². The SMILES string of the molecule is O=C(O)c1cccc(N[C@@H](C(=O)OC2CN3CCC2CC3)c2ccccc2)c1. The van der Waals surface area contributed by atoms with Crippen molar-refractivity contribution in [2.75, 3.05) is 25.0 Å². The molecule has 2 aromatic rings. The number of hydrogen-bond donors (Lipinski definition) is 2. The van der Waals surface area contributed by atoms with E-state index in [1.807, 2.05) is 30.3 Å². The summed E-state index contributed by atoms with van der Waals surface area (Å²) in [7, 11) is 0.